The summed E-state index contributed by atoms with van der Waals surface area (Å²) in [7, 11) is 0. The van der Waals surface area contributed by atoms with E-state index >= 15 is 0 Å². The first-order valence-corrected chi connectivity index (χ1v) is 8.98. The fourth-order valence-corrected chi connectivity index (χ4v) is 3.06. The van der Waals surface area contributed by atoms with Crippen LogP contribution in [0.5, 0.6) is 0 Å². The summed E-state index contributed by atoms with van der Waals surface area (Å²) in [4.78, 5) is 0. The van der Waals surface area contributed by atoms with Crippen molar-refractivity contribution >= 4 is 28.7 Å². The lowest BCUT2D eigenvalue weighted by Gasteiger charge is -2.13. The molecule has 0 saturated heterocycles. The van der Waals surface area contributed by atoms with E-state index in [1.54, 1.807) is 0 Å². The summed E-state index contributed by atoms with van der Waals surface area (Å²) in [6.07, 6.45) is -4.40. The largest absolute Gasteiger partial charge is 0.416 e. The molecule has 0 aliphatic heterocycles. The lowest BCUT2D eigenvalue weighted by Crippen LogP contribution is -2.20. The molecule has 8 heteroatoms. The molecule has 0 amide bonds. The average molecular weight is 404 g/mol. The normalized spacial score (nSPS) is 11.3. The van der Waals surface area contributed by atoms with Gasteiger partial charge in [-0.2, -0.15) is 18.3 Å². The zero-order valence-corrected chi connectivity index (χ0v) is 16.2. The molecule has 0 radical (unpaired) electrons. The number of aromatic nitrogens is 2. The van der Waals surface area contributed by atoms with Crippen LogP contribution in [0.1, 0.15) is 22.5 Å². The molecule has 0 saturated carbocycles. The molecule has 146 valence electrons. The van der Waals surface area contributed by atoms with Crippen molar-refractivity contribution in [3.05, 3.63) is 77.1 Å². The molecule has 0 bridgehead atoms. The fraction of sp³-hybridized carbons (Fsp3) is 0.200. The number of halogens is 3. The maximum atomic E-state index is 12.9. The molecule has 0 atom stereocenters. The summed E-state index contributed by atoms with van der Waals surface area (Å²) in [5.74, 6) is 0. The van der Waals surface area contributed by atoms with Gasteiger partial charge in [0.25, 0.3) is 0 Å². The number of hydrogen-bond acceptors (Lipinski definition) is 2. The Morgan fingerprint density at radius 2 is 1.75 bits per heavy atom. The average Bonchev–Trinajstić information content (AvgIpc) is 2.89. The number of thiocarbonyl (C=S) groups is 1. The van der Waals surface area contributed by atoms with Gasteiger partial charge in [-0.3, -0.25) is 4.68 Å². The predicted molar refractivity (Wildman–Crippen MR) is 109 cm³/mol. The number of anilines is 2. The molecule has 0 unspecified atom stereocenters. The summed E-state index contributed by atoms with van der Waals surface area (Å²) in [5.41, 5.74) is 3.02. The summed E-state index contributed by atoms with van der Waals surface area (Å²) >= 11 is 5.27. The third kappa shape index (κ3) is 4.69. The van der Waals surface area contributed by atoms with Crippen LogP contribution in [-0.4, -0.2) is 14.9 Å². The number of nitrogens with one attached hydrogen (secondary N) is 2. The van der Waals surface area contributed by atoms with Crippen molar-refractivity contribution in [1.29, 1.82) is 0 Å². The van der Waals surface area contributed by atoms with E-state index in [2.05, 4.69) is 15.7 Å². The molecular formula is C20H19F3N4S. The fourth-order valence-electron chi connectivity index (χ4n) is 2.84. The van der Waals surface area contributed by atoms with Gasteiger partial charge in [0.2, 0.25) is 0 Å². The Morgan fingerprint density at radius 3 is 2.43 bits per heavy atom. The van der Waals surface area contributed by atoms with Crippen LogP contribution in [0, 0.1) is 13.8 Å². The Bertz CT molecular complexity index is 981. The van der Waals surface area contributed by atoms with Crippen LogP contribution in [0.25, 0.3) is 0 Å². The van der Waals surface area contributed by atoms with Crippen LogP contribution in [0.4, 0.5) is 24.5 Å². The van der Waals surface area contributed by atoms with Gasteiger partial charge in [0.15, 0.2) is 5.11 Å². The molecule has 0 fully saturated rings. The SMILES string of the molecule is Cc1nn(Cc2ccccc2)c(C)c1NC(=S)Nc1cccc(C(F)(F)F)c1. The summed E-state index contributed by atoms with van der Waals surface area (Å²) < 4.78 is 40.4. The standard InChI is InChI=1S/C20H19F3N4S/c1-13-18(14(2)27(26-13)12-15-7-4-3-5-8-15)25-19(28)24-17-10-6-9-16(11-17)20(21,22)23/h3-11H,12H2,1-2H3,(H2,24,25,28). The van der Waals surface area contributed by atoms with E-state index < -0.39 is 11.7 Å². The number of alkyl halides is 3. The highest BCUT2D eigenvalue weighted by molar-refractivity contribution is 7.80. The van der Waals surface area contributed by atoms with Crippen molar-refractivity contribution in [3.63, 3.8) is 0 Å². The van der Waals surface area contributed by atoms with Crippen molar-refractivity contribution in [2.24, 2.45) is 0 Å². The smallest absolute Gasteiger partial charge is 0.332 e. The molecule has 0 aliphatic carbocycles. The van der Waals surface area contributed by atoms with Crippen LogP contribution in [0.2, 0.25) is 0 Å². The predicted octanol–water partition coefficient (Wildman–Crippen LogP) is 5.38. The van der Waals surface area contributed by atoms with Gasteiger partial charge in [-0.05, 0) is 49.8 Å². The number of rotatable bonds is 4. The van der Waals surface area contributed by atoms with Gasteiger partial charge >= 0.3 is 6.18 Å². The van der Waals surface area contributed by atoms with E-state index in [1.807, 2.05) is 48.9 Å². The van der Waals surface area contributed by atoms with Gasteiger partial charge in [0, 0.05) is 5.69 Å². The molecule has 2 N–H and O–H groups in total. The Kier molecular flexibility index (Phi) is 5.69. The van der Waals surface area contributed by atoms with Crippen LogP contribution < -0.4 is 10.6 Å². The summed E-state index contributed by atoms with van der Waals surface area (Å²) in [6, 6.07) is 14.8. The Morgan fingerprint density at radius 1 is 1.04 bits per heavy atom. The Balaban J connectivity index is 1.73. The molecule has 3 rings (SSSR count). The van der Waals surface area contributed by atoms with Crippen molar-refractivity contribution < 1.29 is 13.2 Å². The van der Waals surface area contributed by atoms with Crippen LogP contribution in [0.15, 0.2) is 54.6 Å². The molecule has 3 aromatic rings. The topological polar surface area (TPSA) is 41.9 Å². The van der Waals surface area contributed by atoms with Crippen LogP contribution >= 0.6 is 12.2 Å². The van der Waals surface area contributed by atoms with Gasteiger partial charge in [0.1, 0.15) is 0 Å². The first-order valence-electron chi connectivity index (χ1n) is 8.57. The van der Waals surface area contributed by atoms with Crippen LogP contribution in [-0.2, 0) is 12.7 Å². The molecule has 1 heterocycles. The molecular weight excluding hydrogens is 385 g/mol. The first kappa shape index (κ1) is 19.9. The second-order valence-corrected chi connectivity index (χ2v) is 6.76. The minimum absolute atomic E-state index is 0.199. The van der Waals surface area contributed by atoms with Crippen molar-refractivity contribution in [2.45, 2.75) is 26.6 Å². The van der Waals surface area contributed by atoms with E-state index in [4.69, 9.17) is 12.2 Å². The van der Waals surface area contributed by atoms with Gasteiger partial charge in [-0.25, -0.2) is 0 Å². The highest BCUT2D eigenvalue weighted by Gasteiger charge is 2.30. The van der Waals surface area contributed by atoms with Crippen molar-refractivity contribution in [2.75, 3.05) is 10.6 Å². The molecule has 0 spiro atoms. The van der Waals surface area contributed by atoms with Crippen molar-refractivity contribution in [1.82, 2.24) is 9.78 Å². The maximum absolute atomic E-state index is 12.9. The second kappa shape index (κ2) is 8.02. The quantitative estimate of drug-likeness (QED) is 0.573. The number of aryl methyl sites for hydroxylation is 1. The van der Waals surface area contributed by atoms with Crippen molar-refractivity contribution in [3.8, 4) is 0 Å². The first-order chi connectivity index (χ1) is 13.2. The van der Waals surface area contributed by atoms with E-state index in [-0.39, 0.29) is 10.8 Å². The molecule has 2 aromatic carbocycles. The zero-order valence-electron chi connectivity index (χ0n) is 15.3. The van der Waals surface area contributed by atoms with E-state index in [0.29, 0.717) is 6.54 Å². The van der Waals surface area contributed by atoms with E-state index in [9.17, 15) is 13.2 Å². The van der Waals surface area contributed by atoms with E-state index in [1.165, 1.54) is 12.1 Å². The molecule has 4 nitrogen and oxygen atoms in total. The number of nitrogens with zero attached hydrogens (tertiary/aromatic N) is 2. The van der Waals surface area contributed by atoms with E-state index in [0.717, 1.165) is 34.8 Å². The Hall–Kier alpha value is -2.87. The summed E-state index contributed by atoms with van der Waals surface area (Å²) in [5, 5.41) is 10.6. The third-order valence-electron chi connectivity index (χ3n) is 4.24. The monoisotopic (exact) mass is 404 g/mol. The number of benzene rings is 2. The van der Waals surface area contributed by atoms with Gasteiger partial charge in [-0.1, -0.05) is 36.4 Å². The summed E-state index contributed by atoms with van der Waals surface area (Å²) in [6.45, 7) is 4.38. The second-order valence-electron chi connectivity index (χ2n) is 6.35. The molecule has 1 aromatic heterocycles. The number of hydrogen-bond donors (Lipinski definition) is 2. The van der Waals surface area contributed by atoms with Crippen LogP contribution in [0.3, 0.4) is 0 Å². The lowest BCUT2D eigenvalue weighted by molar-refractivity contribution is -0.137. The van der Waals surface area contributed by atoms with Gasteiger partial charge in [-0.15, -0.1) is 0 Å². The third-order valence-corrected chi connectivity index (χ3v) is 4.45. The molecule has 28 heavy (non-hydrogen) atoms. The highest BCUT2D eigenvalue weighted by atomic mass is 32.1. The molecule has 0 aliphatic rings. The van der Waals surface area contributed by atoms with Gasteiger partial charge in [0.05, 0.1) is 29.2 Å². The highest BCUT2D eigenvalue weighted by Crippen LogP contribution is 2.30. The van der Waals surface area contributed by atoms with Gasteiger partial charge < -0.3 is 10.6 Å². The minimum atomic E-state index is -4.40. The zero-order chi connectivity index (χ0) is 20.3. The Labute approximate surface area is 166 Å². The lowest BCUT2D eigenvalue weighted by atomic mass is 10.2. The maximum Gasteiger partial charge on any atom is 0.416 e. The minimum Gasteiger partial charge on any atom is -0.332 e.